The number of ether oxygens (including phenoxy) is 3. The van der Waals surface area contributed by atoms with E-state index in [1.807, 2.05) is 6.07 Å². The molecular formula is C17H15BrFNO6S. The van der Waals surface area contributed by atoms with Gasteiger partial charge in [-0.3, -0.25) is 0 Å². The number of halogens is 2. The van der Waals surface area contributed by atoms with Gasteiger partial charge in [-0.15, -0.1) is 0 Å². The summed E-state index contributed by atoms with van der Waals surface area (Å²) in [6.45, 7) is 1.88. The zero-order valence-corrected chi connectivity index (χ0v) is 17.0. The van der Waals surface area contributed by atoms with Gasteiger partial charge in [0.25, 0.3) is 0 Å². The van der Waals surface area contributed by atoms with Gasteiger partial charge in [-0.1, -0.05) is 0 Å². The predicted molar refractivity (Wildman–Crippen MR) is 97.3 cm³/mol. The topological polar surface area (TPSA) is 94.9 Å². The van der Waals surface area contributed by atoms with Crippen LogP contribution in [0.3, 0.4) is 0 Å². The van der Waals surface area contributed by atoms with E-state index in [1.54, 1.807) is 6.92 Å². The Hall–Kier alpha value is -2.51. The third kappa shape index (κ3) is 4.43. The van der Waals surface area contributed by atoms with Crippen molar-refractivity contribution in [1.29, 1.82) is 5.26 Å². The van der Waals surface area contributed by atoms with E-state index in [9.17, 15) is 12.8 Å². The molecule has 7 nitrogen and oxygen atoms in total. The number of benzene rings is 2. The fourth-order valence-electron chi connectivity index (χ4n) is 2.16. The van der Waals surface area contributed by atoms with Crippen LogP contribution in [-0.4, -0.2) is 29.2 Å². The molecule has 0 aliphatic carbocycles. The lowest BCUT2D eigenvalue weighted by molar-refractivity contribution is 0.326. The summed E-state index contributed by atoms with van der Waals surface area (Å²) in [4.78, 5) is -0.737. The molecule has 10 heteroatoms. The van der Waals surface area contributed by atoms with Crippen LogP contribution >= 0.6 is 15.9 Å². The molecule has 0 unspecified atom stereocenters. The van der Waals surface area contributed by atoms with Crippen LogP contribution in [0, 0.1) is 17.1 Å². The van der Waals surface area contributed by atoms with Crippen molar-refractivity contribution in [3.05, 3.63) is 40.1 Å². The van der Waals surface area contributed by atoms with Crippen molar-refractivity contribution in [1.82, 2.24) is 0 Å². The van der Waals surface area contributed by atoms with Gasteiger partial charge in [-0.2, -0.15) is 13.7 Å². The first-order chi connectivity index (χ1) is 12.8. The zero-order valence-electron chi connectivity index (χ0n) is 14.6. The molecule has 0 fully saturated rings. The van der Waals surface area contributed by atoms with Gasteiger partial charge < -0.3 is 18.4 Å². The third-order valence-corrected chi connectivity index (χ3v) is 5.17. The SMILES string of the molecule is CCOc1cc(C#N)cc(Br)c1OS(=O)(=O)c1cc(OC)c(OC)cc1F. The quantitative estimate of drug-likeness (QED) is 0.583. The largest absolute Gasteiger partial charge is 0.493 e. The van der Waals surface area contributed by atoms with E-state index in [1.165, 1.54) is 26.4 Å². The number of hydrogen-bond donors (Lipinski definition) is 0. The van der Waals surface area contributed by atoms with E-state index < -0.39 is 20.8 Å². The van der Waals surface area contributed by atoms with E-state index in [0.717, 1.165) is 12.1 Å². The molecular weight excluding hydrogens is 445 g/mol. The molecule has 2 aromatic carbocycles. The van der Waals surface area contributed by atoms with Gasteiger partial charge >= 0.3 is 10.1 Å². The molecule has 0 bridgehead atoms. The average molecular weight is 460 g/mol. The monoisotopic (exact) mass is 459 g/mol. The van der Waals surface area contributed by atoms with Crippen molar-refractivity contribution in [3.8, 4) is 29.1 Å². The minimum Gasteiger partial charge on any atom is -0.493 e. The molecule has 0 spiro atoms. The summed E-state index contributed by atoms with van der Waals surface area (Å²) >= 11 is 3.14. The van der Waals surface area contributed by atoms with E-state index in [2.05, 4.69) is 15.9 Å². The van der Waals surface area contributed by atoms with Crippen molar-refractivity contribution in [2.45, 2.75) is 11.8 Å². The van der Waals surface area contributed by atoms with E-state index >= 15 is 0 Å². The Kier molecular flexibility index (Phi) is 6.51. The van der Waals surface area contributed by atoms with E-state index in [4.69, 9.17) is 23.7 Å². The maximum atomic E-state index is 14.3. The predicted octanol–water partition coefficient (Wildman–Crippen LogP) is 3.64. The lowest BCUT2D eigenvalue weighted by atomic mass is 10.2. The Balaban J connectivity index is 2.56. The average Bonchev–Trinajstić information content (AvgIpc) is 2.63. The third-order valence-electron chi connectivity index (χ3n) is 3.34. The number of methoxy groups -OCH3 is 2. The normalized spacial score (nSPS) is 10.8. The Labute approximate surface area is 164 Å². The lowest BCUT2D eigenvalue weighted by Crippen LogP contribution is -2.13. The van der Waals surface area contributed by atoms with Crippen molar-refractivity contribution in [2.75, 3.05) is 20.8 Å². The molecule has 0 aliphatic heterocycles. The van der Waals surface area contributed by atoms with Crippen LogP contribution in [0.15, 0.2) is 33.6 Å². The van der Waals surface area contributed by atoms with Gasteiger partial charge in [0.2, 0.25) is 0 Å². The highest BCUT2D eigenvalue weighted by atomic mass is 79.9. The number of hydrogen-bond acceptors (Lipinski definition) is 7. The summed E-state index contributed by atoms with van der Waals surface area (Å²) in [5.41, 5.74) is 0.229. The van der Waals surface area contributed by atoms with Crippen molar-refractivity contribution in [3.63, 3.8) is 0 Å². The van der Waals surface area contributed by atoms with Crippen molar-refractivity contribution >= 4 is 26.0 Å². The molecule has 27 heavy (non-hydrogen) atoms. The molecule has 2 aromatic rings. The van der Waals surface area contributed by atoms with E-state index in [0.29, 0.717) is 0 Å². The van der Waals surface area contributed by atoms with Crippen molar-refractivity contribution < 1.29 is 31.2 Å². The number of rotatable bonds is 7. The fraction of sp³-hybridized carbons (Fsp3) is 0.235. The summed E-state index contributed by atoms with van der Waals surface area (Å²) in [6, 6.07) is 6.44. The molecule has 0 atom stereocenters. The Morgan fingerprint density at radius 1 is 1.11 bits per heavy atom. The number of nitrogens with zero attached hydrogens (tertiary/aromatic N) is 1. The minimum absolute atomic E-state index is 0.0185. The molecule has 0 heterocycles. The van der Waals surface area contributed by atoms with Crippen LogP contribution in [0.2, 0.25) is 0 Å². The molecule has 0 N–H and O–H groups in total. The second-order valence-electron chi connectivity index (χ2n) is 5.01. The van der Waals surface area contributed by atoms with Gasteiger partial charge in [0, 0.05) is 18.2 Å². The molecule has 0 radical (unpaired) electrons. The highest BCUT2D eigenvalue weighted by Gasteiger charge is 2.27. The van der Waals surface area contributed by atoms with Crippen LogP contribution in [0.5, 0.6) is 23.0 Å². The zero-order chi connectivity index (χ0) is 20.2. The molecule has 2 rings (SSSR count). The number of nitriles is 1. The molecule has 0 aromatic heterocycles. The first-order valence-corrected chi connectivity index (χ1v) is 9.70. The molecule has 0 saturated heterocycles. The van der Waals surface area contributed by atoms with Gasteiger partial charge in [-0.25, -0.2) is 4.39 Å². The van der Waals surface area contributed by atoms with Gasteiger partial charge in [-0.05, 0) is 28.9 Å². The summed E-state index contributed by atoms with van der Waals surface area (Å²) in [6.07, 6.45) is 0. The van der Waals surface area contributed by atoms with Crippen LogP contribution in [-0.2, 0) is 10.1 Å². The van der Waals surface area contributed by atoms with Crippen LogP contribution in [0.25, 0.3) is 0 Å². The highest BCUT2D eigenvalue weighted by molar-refractivity contribution is 9.10. The molecule has 0 saturated carbocycles. The van der Waals surface area contributed by atoms with Crippen LogP contribution in [0.1, 0.15) is 12.5 Å². The lowest BCUT2D eigenvalue weighted by Gasteiger charge is -2.15. The maximum Gasteiger partial charge on any atom is 0.342 e. The summed E-state index contributed by atoms with van der Waals surface area (Å²) < 4.78 is 60.2. The highest BCUT2D eigenvalue weighted by Crippen LogP contribution is 2.40. The minimum atomic E-state index is -4.59. The second-order valence-corrected chi connectivity index (χ2v) is 7.37. The first kappa shape index (κ1) is 20.8. The van der Waals surface area contributed by atoms with Gasteiger partial charge in [0.15, 0.2) is 23.0 Å². The van der Waals surface area contributed by atoms with Crippen LogP contribution in [0.4, 0.5) is 4.39 Å². The smallest absolute Gasteiger partial charge is 0.342 e. The molecule has 0 amide bonds. The Morgan fingerprint density at radius 3 is 2.30 bits per heavy atom. The second kappa shape index (κ2) is 8.45. The summed E-state index contributed by atoms with van der Waals surface area (Å²) in [5.74, 6) is -1.21. The Bertz CT molecular complexity index is 1000. The first-order valence-electron chi connectivity index (χ1n) is 7.49. The maximum absolute atomic E-state index is 14.3. The van der Waals surface area contributed by atoms with Gasteiger partial charge in [0.05, 0.1) is 36.9 Å². The standard InChI is InChI=1S/C17H15BrFNO6S/c1-4-25-15-6-10(9-20)5-11(18)17(15)26-27(21,22)16-8-14(24-3)13(23-2)7-12(16)19/h5-8H,4H2,1-3H3. The van der Waals surface area contributed by atoms with Gasteiger partial charge in [0.1, 0.15) is 10.7 Å². The summed E-state index contributed by atoms with van der Waals surface area (Å²) in [7, 11) is -2.00. The summed E-state index contributed by atoms with van der Waals surface area (Å²) in [5, 5.41) is 9.04. The Morgan fingerprint density at radius 2 is 1.74 bits per heavy atom. The van der Waals surface area contributed by atoms with E-state index in [-0.39, 0.29) is 39.6 Å². The molecule has 144 valence electrons. The molecule has 0 aliphatic rings. The fourth-order valence-corrected chi connectivity index (χ4v) is 3.82. The van der Waals surface area contributed by atoms with Crippen molar-refractivity contribution in [2.24, 2.45) is 0 Å². The van der Waals surface area contributed by atoms with Crippen LogP contribution < -0.4 is 18.4 Å².